The van der Waals surface area contributed by atoms with Crippen molar-refractivity contribution in [3.8, 4) is 11.8 Å². The maximum absolute atomic E-state index is 8.75. The Labute approximate surface area is 85.3 Å². The van der Waals surface area contributed by atoms with E-state index in [1.807, 2.05) is 13.0 Å². The normalized spacial score (nSPS) is 19.0. The van der Waals surface area contributed by atoms with Crippen LogP contribution in [0.15, 0.2) is 16.6 Å². The summed E-state index contributed by atoms with van der Waals surface area (Å²) >= 11 is 3.39. The summed E-state index contributed by atoms with van der Waals surface area (Å²) in [6, 6.07) is 5.81. The molecule has 0 spiro atoms. The van der Waals surface area contributed by atoms with Gasteiger partial charge in [-0.1, -0.05) is 0 Å². The standard InChI is InChI=1S/C10H8BrNO/c1-6-2-8-3-7(5-12)4-9(11)10(8)13-6/h3-4,6H,2H2,1H3. The number of nitrogens with zero attached hydrogens (tertiary/aromatic N) is 1. The average Bonchev–Trinajstić information content (AvgIpc) is 2.46. The van der Waals surface area contributed by atoms with Crippen LogP contribution in [0, 0.1) is 11.3 Å². The number of rotatable bonds is 0. The number of ether oxygens (including phenoxy) is 1. The van der Waals surface area contributed by atoms with Crippen LogP contribution in [0.1, 0.15) is 18.1 Å². The number of halogens is 1. The van der Waals surface area contributed by atoms with E-state index in [9.17, 15) is 0 Å². The number of benzene rings is 1. The quantitative estimate of drug-likeness (QED) is 0.696. The van der Waals surface area contributed by atoms with Gasteiger partial charge in [0, 0.05) is 12.0 Å². The van der Waals surface area contributed by atoms with Gasteiger partial charge in [-0.25, -0.2) is 0 Å². The van der Waals surface area contributed by atoms with Crippen molar-refractivity contribution in [1.29, 1.82) is 5.26 Å². The van der Waals surface area contributed by atoms with Crippen LogP contribution in [0.3, 0.4) is 0 Å². The summed E-state index contributed by atoms with van der Waals surface area (Å²) in [4.78, 5) is 0. The minimum absolute atomic E-state index is 0.222. The van der Waals surface area contributed by atoms with Crippen molar-refractivity contribution in [3.63, 3.8) is 0 Å². The largest absolute Gasteiger partial charge is 0.489 e. The Bertz CT molecular complexity index is 395. The van der Waals surface area contributed by atoms with Gasteiger partial charge < -0.3 is 4.74 Å². The highest BCUT2D eigenvalue weighted by atomic mass is 79.9. The molecule has 1 aliphatic rings. The van der Waals surface area contributed by atoms with Gasteiger partial charge in [-0.2, -0.15) is 5.26 Å². The van der Waals surface area contributed by atoms with E-state index < -0.39 is 0 Å². The second kappa shape index (κ2) is 3.04. The predicted molar refractivity (Wildman–Crippen MR) is 52.7 cm³/mol. The molecular weight excluding hydrogens is 230 g/mol. The molecule has 3 heteroatoms. The minimum Gasteiger partial charge on any atom is -0.489 e. The summed E-state index contributed by atoms with van der Waals surface area (Å²) in [5.74, 6) is 0.895. The maximum atomic E-state index is 8.75. The molecule has 0 bridgehead atoms. The Hall–Kier alpha value is -1.01. The number of hydrogen-bond acceptors (Lipinski definition) is 2. The van der Waals surface area contributed by atoms with E-state index in [0.717, 1.165) is 22.2 Å². The van der Waals surface area contributed by atoms with Gasteiger partial charge in [0.05, 0.1) is 16.1 Å². The summed E-state index contributed by atoms with van der Waals surface area (Å²) in [6.07, 6.45) is 1.11. The van der Waals surface area contributed by atoms with Crippen molar-refractivity contribution in [2.75, 3.05) is 0 Å². The van der Waals surface area contributed by atoms with Gasteiger partial charge in [0.25, 0.3) is 0 Å². The summed E-state index contributed by atoms with van der Waals surface area (Å²) < 4.78 is 6.46. The van der Waals surface area contributed by atoms with E-state index in [1.54, 1.807) is 6.07 Å². The highest BCUT2D eigenvalue weighted by Crippen LogP contribution is 2.36. The zero-order valence-electron chi connectivity index (χ0n) is 7.17. The van der Waals surface area contributed by atoms with Gasteiger partial charge in [0.1, 0.15) is 11.9 Å². The van der Waals surface area contributed by atoms with Gasteiger partial charge >= 0.3 is 0 Å². The first-order valence-electron chi connectivity index (χ1n) is 4.10. The van der Waals surface area contributed by atoms with E-state index in [2.05, 4.69) is 22.0 Å². The second-order valence-electron chi connectivity index (χ2n) is 3.19. The molecule has 2 nitrogen and oxygen atoms in total. The highest BCUT2D eigenvalue weighted by molar-refractivity contribution is 9.10. The summed E-state index contributed by atoms with van der Waals surface area (Å²) in [5, 5.41) is 8.75. The molecule has 1 heterocycles. The van der Waals surface area contributed by atoms with Crippen LogP contribution in [0.25, 0.3) is 0 Å². The topological polar surface area (TPSA) is 33.0 Å². The SMILES string of the molecule is CC1Cc2cc(C#N)cc(Br)c2O1. The van der Waals surface area contributed by atoms with Crippen molar-refractivity contribution in [3.05, 3.63) is 27.7 Å². The molecule has 0 saturated carbocycles. The second-order valence-corrected chi connectivity index (χ2v) is 4.05. The molecule has 1 aliphatic heterocycles. The fourth-order valence-corrected chi connectivity index (χ4v) is 2.15. The lowest BCUT2D eigenvalue weighted by atomic mass is 10.1. The molecule has 1 atom stereocenters. The van der Waals surface area contributed by atoms with Gasteiger partial charge in [-0.15, -0.1) is 0 Å². The van der Waals surface area contributed by atoms with E-state index in [-0.39, 0.29) is 6.10 Å². The van der Waals surface area contributed by atoms with Gasteiger partial charge in [-0.3, -0.25) is 0 Å². The Morgan fingerprint density at radius 2 is 2.38 bits per heavy atom. The third-order valence-electron chi connectivity index (χ3n) is 2.08. The number of fused-ring (bicyclic) bond motifs is 1. The van der Waals surface area contributed by atoms with Crippen molar-refractivity contribution in [2.24, 2.45) is 0 Å². The molecule has 0 aliphatic carbocycles. The lowest BCUT2D eigenvalue weighted by Crippen LogP contribution is -2.05. The highest BCUT2D eigenvalue weighted by Gasteiger charge is 2.21. The third kappa shape index (κ3) is 1.42. The first-order chi connectivity index (χ1) is 6.20. The molecule has 2 rings (SSSR count). The van der Waals surface area contributed by atoms with Crippen molar-refractivity contribution < 1.29 is 4.74 Å². The zero-order valence-corrected chi connectivity index (χ0v) is 8.76. The van der Waals surface area contributed by atoms with Crippen LogP contribution >= 0.6 is 15.9 Å². The smallest absolute Gasteiger partial charge is 0.137 e. The lowest BCUT2D eigenvalue weighted by molar-refractivity contribution is 0.253. The van der Waals surface area contributed by atoms with E-state index in [0.29, 0.717) is 5.56 Å². The number of hydrogen-bond donors (Lipinski definition) is 0. The lowest BCUT2D eigenvalue weighted by Gasteiger charge is -2.04. The Kier molecular flexibility index (Phi) is 2.01. The molecule has 0 N–H and O–H groups in total. The van der Waals surface area contributed by atoms with Crippen molar-refractivity contribution >= 4 is 15.9 Å². The molecule has 1 aromatic rings. The summed E-state index contributed by atoms with van der Waals surface area (Å²) in [5.41, 5.74) is 1.81. The van der Waals surface area contributed by atoms with Crippen molar-refractivity contribution in [1.82, 2.24) is 0 Å². The first kappa shape index (κ1) is 8.58. The molecule has 0 radical (unpaired) electrons. The monoisotopic (exact) mass is 237 g/mol. The Morgan fingerprint density at radius 1 is 1.62 bits per heavy atom. The third-order valence-corrected chi connectivity index (χ3v) is 2.67. The Morgan fingerprint density at radius 3 is 3.08 bits per heavy atom. The molecule has 13 heavy (non-hydrogen) atoms. The van der Waals surface area contributed by atoms with E-state index in [1.165, 1.54) is 0 Å². The Balaban J connectivity index is 2.54. The zero-order chi connectivity index (χ0) is 9.42. The van der Waals surface area contributed by atoms with Crippen LogP contribution in [0.4, 0.5) is 0 Å². The molecule has 1 unspecified atom stereocenters. The van der Waals surface area contributed by atoms with E-state index in [4.69, 9.17) is 10.00 Å². The summed E-state index contributed by atoms with van der Waals surface area (Å²) in [6.45, 7) is 2.03. The molecule has 0 aromatic heterocycles. The fraction of sp³-hybridized carbons (Fsp3) is 0.300. The van der Waals surface area contributed by atoms with Crippen LogP contribution in [0.2, 0.25) is 0 Å². The van der Waals surface area contributed by atoms with Crippen LogP contribution in [-0.4, -0.2) is 6.10 Å². The van der Waals surface area contributed by atoms with Gasteiger partial charge in [-0.05, 0) is 35.0 Å². The fourth-order valence-electron chi connectivity index (χ4n) is 1.55. The molecule has 0 saturated heterocycles. The van der Waals surface area contributed by atoms with Crippen molar-refractivity contribution in [2.45, 2.75) is 19.4 Å². The van der Waals surface area contributed by atoms with Crippen LogP contribution in [0.5, 0.6) is 5.75 Å². The van der Waals surface area contributed by atoms with Crippen LogP contribution < -0.4 is 4.74 Å². The van der Waals surface area contributed by atoms with Gasteiger partial charge in [0.2, 0.25) is 0 Å². The predicted octanol–water partition coefficient (Wildman–Crippen LogP) is 2.64. The van der Waals surface area contributed by atoms with Gasteiger partial charge in [0.15, 0.2) is 0 Å². The molecular formula is C10H8BrNO. The maximum Gasteiger partial charge on any atom is 0.137 e. The first-order valence-corrected chi connectivity index (χ1v) is 4.89. The molecule has 0 fully saturated rings. The minimum atomic E-state index is 0.222. The van der Waals surface area contributed by atoms with Crippen LogP contribution in [-0.2, 0) is 6.42 Å². The van der Waals surface area contributed by atoms with E-state index >= 15 is 0 Å². The summed E-state index contributed by atoms with van der Waals surface area (Å²) in [7, 11) is 0. The number of nitriles is 1. The average molecular weight is 238 g/mol. The molecule has 66 valence electrons. The molecule has 0 amide bonds. The molecule has 1 aromatic carbocycles.